The van der Waals surface area contributed by atoms with Crippen molar-refractivity contribution in [3.05, 3.63) is 0 Å². The third kappa shape index (κ3) is 33.6. The Morgan fingerprint density at radius 3 is 2.17 bits per heavy atom. The maximum Gasteiger partial charge on any atom is 1.00 e. The molecule has 2 N–H and O–H groups in total. The molecule has 6 heavy (non-hydrogen) atoms. The van der Waals surface area contributed by atoms with E-state index in [9.17, 15) is 7.84 Å². The summed E-state index contributed by atoms with van der Waals surface area (Å²) < 4.78 is 36.7. The van der Waals surface area contributed by atoms with Gasteiger partial charge in [0.15, 0.2) is 0 Å². The first-order valence-corrected chi connectivity index (χ1v) is 3.79. The van der Waals surface area contributed by atoms with Crippen LogP contribution < -0.4 is 73.0 Å². The molecule has 0 fully saturated rings. The molecule has 4 nitrogen and oxygen atoms in total. The molecule has 0 bridgehead atoms. The maximum absolute atomic E-state index is 9.64. The molecule has 32 valence electrons. The zero-order valence-corrected chi connectivity index (χ0v) is 11.2. The smallest absolute Gasteiger partial charge is 1.00 e. The van der Waals surface area contributed by atoms with Crippen molar-refractivity contribution < 1.29 is 84.9 Å². The molecule has 0 atom stereocenters. The Hall–Kier alpha value is 2.29. The van der Waals surface area contributed by atoms with E-state index < -0.39 is 14.5 Å². The molecule has 0 aliphatic heterocycles. The van der Waals surface area contributed by atoms with Crippen LogP contribution in [0.25, 0.3) is 0 Å². The van der Waals surface area contributed by atoms with Gasteiger partial charge < -0.3 is 0 Å². The van der Waals surface area contributed by atoms with E-state index in [1.54, 1.807) is 0 Å². The molecule has 0 aromatic rings. The Kier molecular flexibility index (Phi) is 4.48. The maximum atomic E-state index is 9.64. The van der Waals surface area contributed by atoms with Gasteiger partial charge in [-0.25, -0.2) is 0 Å². The summed E-state index contributed by atoms with van der Waals surface area (Å²) in [6.07, 6.45) is 0. The minimum Gasteiger partial charge on any atom is 1.00 e. The number of rotatable bonds is 2. The van der Waals surface area contributed by atoms with Crippen LogP contribution in [0.5, 0.6) is 0 Å². The summed E-state index contributed by atoms with van der Waals surface area (Å²) in [5.41, 5.74) is 0. The van der Waals surface area contributed by atoms with Gasteiger partial charge in [0.25, 0.3) is 0 Å². The van der Waals surface area contributed by atoms with Crippen LogP contribution in [0.4, 0.5) is 0 Å². The van der Waals surface area contributed by atoms with Crippen LogP contribution in [-0.4, -0.2) is 25.6 Å². The fourth-order valence-electron chi connectivity index (χ4n) is 0. The topological polar surface area (TPSA) is 80.6 Å². The summed E-state index contributed by atoms with van der Waals surface area (Å²) in [6.45, 7) is 0. The number of hydrogen-bond acceptors (Lipinski definition) is 4. The zero-order chi connectivity index (χ0) is 5.91. The Morgan fingerprint density at radius 2 is 2.17 bits per heavy atom. The van der Waals surface area contributed by atoms with E-state index in [2.05, 4.69) is 8.20 Å². The van der Waals surface area contributed by atoms with Gasteiger partial charge in [-0.1, -0.05) is 0 Å². The first-order chi connectivity index (χ1) is 3.12. The van der Waals surface area contributed by atoms with E-state index in [1.807, 2.05) is 0 Å². The Labute approximate surface area is 99.7 Å². The van der Waals surface area contributed by atoms with Crippen molar-refractivity contribution in [3.8, 4) is 0 Å². The molecule has 0 aromatic heterocycles. The van der Waals surface area contributed by atoms with Crippen molar-refractivity contribution >= 4 is 14.5 Å². The summed E-state index contributed by atoms with van der Waals surface area (Å²) in [4.78, 5) is 0. The standard InChI is InChI=1S/AsH3O4.Cs/c2-1(3,4)5;/h(H3,2,3,4,5);/q;+1/p-1/i/hD2. The van der Waals surface area contributed by atoms with Crippen molar-refractivity contribution in [2.24, 2.45) is 0 Å². The van der Waals surface area contributed by atoms with E-state index in [-0.39, 0.29) is 68.9 Å². The van der Waals surface area contributed by atoms with Crippen LogP contribution in [0.3, 0.4) is 0 Å². The third-order valence-electron chi connectivity index (χ3n) is 0. The Bertz CT molecular complexity index is 86.0. The molecular weight excluding hydrogens is 272 g/mol. The monoisotopic (exact) mass is 276 g/mol. The minimum absolute atomic E-state index is 0. The van der Waals surface area contributed by atoms with Gasteiger partial charge in [-0.3, -0.25) is 0 Å². The van der Waals surface area contributed by atoms with E-state index in [0.717, 1.165) is 0 Å². The van der Waals surface area contributed by atoms with Crippen molar-refractivity contribution in [2.45, 2.75) is 0 Å². The summed E-state index contributed by atoms with van der Waals surface area (Å²) in [6, 6.07) is 0. The van der Waals surface area contributed by atoms with Gasteiger partial charge in [-0.05, 0) is 0 Å². The molecule has 0 rings (SSSR count). The van der Waals surface area contributed by atoms with E-state index in [1.165, 1.54) is 0 Å². The Balaban J connectivity index is 0. The average molecular weight is 276 g/mol. The van der Waals surface area contributed by atoms with E-state index in [0.29, 0.717) is 0 Å². The van der Waals surface area contributed by atoms with Crippen molar-refractivity contribution in [2.75, 3.05) is 0 Å². The Morgan fingerprint density at radius 1 is 1.83 bits per heavy atom. The zero-order valence-electron chi connectivity index (χ0n) is 5.08. The minimum atomic E-state index is -5.11. The van der Waals surface area contributed by atoms with Gasteiger partial charge in [-0.15, -0.1) is 0 Å². The van der Waals surface area contributed by atoms with E-state index >= 15 is 0 Å². The molecule has 0 radical (unpaired) electrons. The molecular formula is H2AsCsO4. The van der Waals surface area contributed by atoms with Gasteiger partial charge in [0.2, 0.25) is 0 Å². The van der Waals surface area contributed by atoms with Crippen molar-refractivity contribution in [1.29, 1.82) is 2.86 Å². The van der Waals surface area contributed by atoms with Gasteiger partial charge in [-0.2, -0.15) is 0 Å². The van der Waals surface area contributed by atoms with Crippen LogP contribution in [0, 0.1) is 0 Å². The molecule has 0 aliphatic carbocycles. The van der Waals surface area contributed by atoms with Crippen molar-refractivity contribution in [1.82, 2.24) is 0 Å². The second-order valence-corrected chi connectivity index (χ2v) is 2.32. The summed E-state index contributed by atoms with van der Waals surface area (Å²) in [7, 11) is 0. The molecule has 0 aromatic carbocycles. The molecule has 0 saturated heterocycles. The SMILES string of the molecule is [2H]O[As](=O)([O-])O[2H].[Cs+]. The summed E-state index contributed by atoms with van der Waals surface area (Å²) >= 11 is -5.11. The fraction of sp³-hybridized carbons (Fsp3) is 0. The predicted molar refractivity (Wildman–Crippen MR) is 10.9 cm³/mol. The summed E-state index contributed by atoms with van der Waals surface area (Å²) in [5.74, 6) is 0. The van der Waals surface area contributed by atoms with Gasteiger partial charge in [0.05, 0.1) is 0 Å². The normalized spacial score (nSPS) is 14.2. The number of hydrogen-bond donors (Lipinski definition) is 2. The van der Waals surface area contributed by atoms with Gasteiger partial charge in [0.1, 0.15) is 0 Å². The molecule has 6 heteroatoms. The van der Waals surface area contributed by atoms with Crippen molar-refractivity contribution in [3.63, 3.8) is 0 Å². The molecule has 0 spiro atoms. The molecule has 0 saturated carbocycles. The summed E-state index contributed by atoms with van der Waals surface area (Å²) in [5, 5.41) is 0. The van der Waals surface area contributed by atoms with Crippen LogP contribution in [0.1, 0.15) is 0 Å². The predicted octanol–water partition coefficient (Wildman–Crippen LogP) is -5.80. The quantitative estimate of drug-likeness (QED) is 0.492. The molecule has 0 aliphatic rings. The van der Waals surface area contributed by atoms with E-state index in [4.69, 9.17) is 2.86 Å². The molecule has 0 amide bonds. The molecule has 0 unspecified atom stereocenters. The first-order valence-electron chi connectivity index (χ1n) is 1.55. The van der Waals surface area contributed by atoms with Crippen LogP contribution >= 0.6 is 0 Å². The molecule has 0 heterocycles. The first kappa shape index (κ1) is 6.41. The van der Waals surface area contributed by atoms with Crippen LogP contribution in [-0.2, 0) is 3.74 Å². The van der Waals surface area contributed by atoms with Crippen LogP contribution in [0.15, 0.2) is 0 Å². The largest absolute Gasteiger partial charge is 1.00 e. The second-order valence-electron chi connectivity index (χ2n) is 0.447. The fourth-order valence-corrected chi connectivity index (χ4v) is 0. The third-order valence-corrected chi connectivity index (χ3v) is 0. The second kappa shape index (κ2) is 4.20. The average Bonchev–Trinajstić information content (AvgIpc) is 1.68. The van der Waals surface area contributed by atoms with Gasteiger partial charge in [0, 0.05) is 0 Å². The van der Waals surface area contributed by atoms with Gasteiger partial charge >= 0.3 is 102 Å². The van der Waals surface area contributed by atoms with Crippen LogP contribution in [0.2, 0.25) is 0 Å².